The summed E-state index contributed by atoms with van der Waals surface area (Å²) >= 11 is 0. The molecule has 5 heavy (non-hydrogen) atoms. The SMILES string of the molecule is CC1=BC[B]1. The fourth-order valence-electron chi connectivity index (χ4n) is 0.354. The van der Waals surface area contributed by atoms with Crippen molar-refractivity contribution in [2.45, 2.75) is 13.1 Å². The van der Waals surface area contributed by atoms with Crippen molar-refractivity contribution in [2.24, 2.45) is 0 Å². The molecule has 0 fully saturated rings. The van der Waals surface area contributed by atoms with Crippen LogP contribution >= 0.6 is 0 Å². The fourth-order valence-corrected chi connectivity index (χ4v) is 0.354. The van der Waals surface area contributed by atoms with Crippen LogP contribution in [0.1, 0.15) is 6.92 Å². The van der Waals surface area contributed by atoms with Gasteiger partial charge in [0.1, 0.15) is 0 Å². The Morgan fingerprint density at radius 1 is 1.80 bits per heavy atom. The molecule has 0 aromatic rings. The van der Waals surface area contributed by atoms with E-state index in [0.717, 1.165) is 0 Å². The van der Waals surface area contributed by atoms with Crippen molar-refractivity contribution in [2.75, 3.05) is 0 Å². The van der Waals surface area contributed by atoms with Crippen LogP contribution in [0.15, 0.2) is 0 Å². The molecular formula is C3H5B2. The molecule has 23 valence electrons. The molecular weight excluding hydrogens is 57.7 g/mol. The summed E-state index contributed by atoms with van der Waals surface area (Å²) in [6.45, 7) is 4.32. The van der Waals surface area contributed by atoms with Crippen LogP contribution in [0.2, 0.25) is 6.22 Å². The minimum absolute atomic E-state index is 1.20. The van der Waals surface area contributed by atoms with Crippen molar-refractivity contribution in [1.29, 1.82) is 0 Å². The van der Waals surface area contributed by atoms with E-state index in [1.54, 1.807) is 0 Å². The van der Waals surface area contributed by atoms with E-state index >= 15 is 0 Å². The van der Waals surface area contributed by atoms with E-state index in [0.29, 0.717) is 0 Å². The van der Waals surface area contributed by atoms with Crippen LogP contribution < -0.4 is 0 Å². The first-order valence-corrected chi connectivity index (χ1v) is 1.89. The molecule has 0 N–H and O–H groups in total. The van der Waals surface area contributed by atoms with E-state index in [9.17, 15) is 0 Å². The first kappa shape index (κ1) is 3.20. The number of hydrogen-bond donors (Lipinski definition) is 0. The molecule has 0 aromatic heterocycles. The summed E-state index contributed by atoms with van der Waals surface area (Å²) in [6, 6.07) is 0. The standard InChI is InChI=1S/C3H5B2/c1-3-4-2-5-3/h2H2,1H3. The van der Waals surface area contributed by atoms with Gasteiger partial charge in [-0.15, -0.1) is 0 Å². The van der Waals surface area contributed by atoms with Crippen LogP contribution in [0.4, 0.5) is 0 Å². The molecule has 1 aliphatic rings. The van der Waals surface area contributed by atoms with Gasteiger partial charge in [0.05, 0.1) is 0 Å². The van der Waals surface area contributed by atoms with Crippen LogP contribution in [0.25, 0.3) is 0 Å². The van der Waals surface area contributed by atoms with Gasteiger partial charge >= 0.3 is 32.7 Å². The Labute approximate surface area is 33.7 Å². The van der Waals surface area contributed by atoms with Gasteiger partial charge in [0.25, 0.3) is 0 Å². The van der Waals surface area contributed by atoms with Crippen LogP contribution in [0.5, 0.6) is 0 Å². The third-order valence-corrected chi connectivity index (χ3v) is 0.880. The van der Waals surface area contributed by atoms with Crippen LogP contribution in [-0.4, -0.2) is 19.6 Å². The second-order valence-corrected chi connectivity index (χ2v) is 1.39. The average Bonchev–Trinajstić information content (AvgIpc) is 1.30. The minimum atomic E-state index is 1.20. The molecule has 1 heterocycles. The maximum atomic E-state index is 2.21. The van der Waals surface area contributed by atoms with Crippen LogP contribution in [0, 0.1) is 0 Å². The summed E-state index contributed by atoms with van der Waals surface area (Å²) in [4.78, 5) is 0. The van der Waals surface area contributed by atoms with Crippen LogP contribution in [0.3, 0.4) is 0 Å². The first-order valence-electron chi connectivity index (χ1n) is 1.89. The van der Waals surface area contributed by atoms with E-state index in [1.165, 1.54) is 11.6 Å². The van der Waals surface area contributed by atoms with Crippen molar-refractivity contribution in [1.82, 2.24) is 0 Å². The second-order valence-electron chi connectivity index (χ2n) is 1.39. The first-order chi connectivity index (χ1) is 2.39. The van der Waals surface area contributed by atoms with Gasteiger partial charge in [0.15, 0.2) is 0 Å². The van der Waals surface area contributed by atoms with E-state index in [1.807, 2.05) is 0 Å². The summed E-state index contributed by atoms with van der Waals surface area (Å²) in [5.74, 6) is 0. The quantitative estimate of drug-likeness (QED) is 0.345. The Hall–Kier alpha value is -0.000130. The number of hydrogen-bond acceptors (Lipinski definition) is 0. The van der Waals surface area contributed by atoms with Gasteiger partial charge in [-0.2, -0.15) is 0 Å². The molecule has 0 spiro atoms. The third kappa shape index (κ3) is 0.444. The zero-order valence-electron chi connectivity index (χ0n) is 3.36. The van der Waals surface area contributed by atoms with Gasteiger partial charge < -0.3 is 0 Å². The van der Waals surface area contributed by atoms with Crippen molar-refractivity contribution in [3.05, 3.63) is 0 Å². The van der Waals surface area contributed by atoms with E-state index < -0.39 is 0 Å². The summed E-state index contributed by atoms with van der Waals surface area (Å²) < 4.78 is 0. The summed E-state index contributed by atoms with van der Waals surface area (Å²) in [5.41, 5.74) is 0. The summed E-state index contributed by atoms with van der Waals surface area (Å²) in [7, 11) is 2.21. The Morgan fingerprint density at radius 3 is 2.20 bits per heavy atom. The fraction of sp³-hybridized carbons (Fsp3) is 0.667. The van der Waals surface area contributed by atoms with Crippen molar-refractivity contribution in [3.63, 3.8) is 0 Å². The topological polar surface area (TPSA) is 0 Å². The molecule has 2 heteroatoms. The molecule has 0 bridgehead atoms. The third-order valence-electron chi connectivity index (χ3n) is 0.880. The van der Waals surface area contributed by atoms with Gasteiger partial charge in [0.2, 0.25) is 0 Å². The monoisotopic (exact) mass is 63.1 g/mol. The molecule has 0 aromatic carbocycles. The predicted molar refractivity (Wildman–Crippen MR) is 27.0 cm³/mol. The Kier molecular flexibility index (Phi) is 0.640. The van der Waals surface area contributed by atoms with Gasteiger partial charge in [-0.05, 0) is 0 Å². The van der Waals surface area contributed by atoms with Crippen molar-refractivity contribution >= 4 is 19.6 Å². The molecule has 0 amide bonds. The molecule has 1 rings (SSSR count). The van der Waals surface area contributed by atoms with Crippen LogP contribution in [-0.2, 0) is 0 Å². The molecule has 0 unspecified atom stereocenters. The van der Waals surface area contributed by atoms with Gasteiger partial charge in [-0.3, -0.25) is 0 Å². The maximum absolute atomic E-state index is 2.21. The summed E-state index contributed by atoms with van der Waals surface area (Å²) in [6.07, 6.45) is 1.20. The molecule has 0 atom stereocenters. The Balaban J connectivity index is 2.51. The summed E-state index contributed by atoms with van der Waals surface area (Å²) in [5, 5.41) is 1.44. The molecule has 1 aliphatic heterocycles. The average molecular weight is 62.7 g/mol. The molecule has 0 aliphatic carbocycles. The zero-order chi connectivity index (χ0) is 3.70. The van der Waals surface area contributed by atoms with E-state index in [4.69, 9.17) is 0 Å². The Bertz CT molecular complexity index is 65.3. The Morgan fingerprint density at radius 2 is 2.20 bits per heavy atom. The van der Waals surface area contributed by atoms with Crippen molar-refractivity contribution in [3.8, 4) is 0 Å². The molecule has 0 saturated carbocycles. The van der Waals surface area contributed by atoms with E-state index in [-0.39, 0.29) is 0 Å². The van der Waals surface area contributed by atoms with E-state index in [2.05, 4.69) is 21.1 Å². The molecule has 0 saturated heterocycles. The molecule has 1 radical (unpaired) electrons. The van der Waals surface area contributed by atoms with Gasteiger partial charge in [-0.25, -0.2) is 0 Å². The zero-order valence-corrected chi connectivity index (χ0v) is 3.36. The van der Waals surface area contributed by atoms with Gasteiger partial charge in [0, 0.05) is 0 Å². The number of rotatable bonds is 0. The van der Waals surface area contributed by atoms with Crippen molar-refractivity contribution < 1.29 is 0 Å². The second kappa shape index (κ2) is 1.000. The van der Waals surface area contributed by atoms with Gasteiger partial charge in [-0.1, -0.05) is 0 Å². The normalized spacial score (nSPS) is 17.4. The molecule has 0 nitrogen and oxygen atoms in total. The predicted octanol–water partition coefficient (Wildman–Crippen LogP) is -0.0660.